The van der Waals surface area contributed by atoms with Crippen LogP contribution in [0.15, 0.2) is 18.2 Å². The molecule has 0 bridgehead atoms. The number of rotatable bonds is 2. The summed E-state index contributed by atoms with van der Waals surface area (Å²) in [7, 11) is 0. The Hall–Kier alpha value is -1.05. The molecule has 0 aliphatic rings. The third kappa shape index (κ3) is 1.47. The predicted molar refractivity (Wildman–Crippen MR) is 36.4 cm³/mol. The Morgan fingerprint density at radius 3 is 3.10 bits per heavy atom. The Labute approximate surface area is 59.4 Å². The SMILES string of the molecule is CCOc1ccc[c]c1F. The van der Waals surface area contributed by atoms with Gasteiger partial charge in [0.05, 0.1) is 6.61 Å². The van der Waals surface area contributed by atoms with Crippen molar-refractivity contribution < 1.29 is 9.13 Å². The van der Waals surface area contributed by atoms with Crippen LogP contribution in [0.4, 0.5) is 4.39 Å². The van der Waals surface area contributed by atoms with Crippen molar-refractivity contribution in [2.75, 3.05) is 6.61 Å². The third-order valence-electron chi connectivity index (χ3n) is 1.07. The van der Waals surface area contributed by atoms with Gasteiger partial charge in [-0.15, -0.1) is 0 Å². The van der Waals surface area contributed by atoms with Crippen molar-refractivity contribution in [1.29, 1.82) is 0 Å². The van der Waals surface area contributed by atoms with Crippen molar-refractivity contribution in [3.63, 3.8) is 0 Å². The molecule has 0 N–H and O–H groups in total. The molecule has 2 heteroatoms. The highest BCUT2D eigenvalue weighted by Gasteiger charge is 1.98. The summed E-state index contributed by atoms with van der Waals surface area (Å²) in [4.78, 5) is 0. The van der Waals surface area contributed by atoms with Gasteiger partial charge in [0.2, 0.25) is 0 Å². The van der Waals surface area contributed by atoms with Gasteiger partial charge >= 0.3 is 0 Å². The summed E-state index contributed by atoms with van der Waals surface area (Å²) in [6.07, 6.45) is 0. The fourth-order valence-corrected chi connectivity index (χ4v) is 0.668. The highest BCUT2D eigenvalue weighted by molar-refractivity contribution is 5.22. The second-order valence-electron chi connectivity index (χ2n) is 1.78. The number of ether oxygens (including phenoxy) is 1. The van der Waals surface area contributed by atoms with E-state index >= 15 is 0 Å². The van der Waals surface area contributed by atoms with E-state index < -0.39 is 5.82 Å². The van der Waals surface area contributed by atoms with Gasteiger partial charge in [-0.2, -0.15) is 0 Å². The van der Waals surface area contributed by atoms with Crippen molar-refractivity contribution in [3.8, 4) is 5.75 Å². The van der Waals surface area contributed by atoms with Gasteiger partial charge in [0.15, 0.2) is 11.6 Å². The summed E-state index contributed by atoms with van der Waals surface area (Å²) in [5.41, 5.74) is 0. The van der Waals surface area contributed by atoms with Gasteiger partial charge in [0.1, 0.15) is 0 Å². The molecule has 1 radical (unpaired) electrons. The average Bonchev–Trinajstić information content (AvgIpc) is 1.94. The third-order valence-corrected chi connectivity index (χ3v) is 1.07. The van der Waals surface area contributed by atoms with E-state index in [1.807, 2.05) is 6.92 Å². The van der Waals surface area contributed by atoms with Crippen molar-refractivity contribution >= 4 is 0 Å². The second kappa shape index (κ2) is 3.20. The Bertz CT molecular complexity index is 210. The lowest BCUT2D eigenvalue weighted by Gasteiger charge is -2.01. The minimum atomic E-state index is -0.427. The number of benzene rings is 1. The summed E-state index contributed by atoms with van der Waals surface area (Å²) in [5, 5.41) is 0. The van der Waals surface area contributed by atoms with Gasteiger partial charge in [0, 0.05) is 6.07 Å². The fourth-order valence-electron chi connectivity index (χ4n) is 0.668. The highest BCUT2D eigenvalue weighted by Crippen LogP contribution is 2.13. The molecule has 0 aromatic heterocycles. The summed E-state index contributed by atoms with van der Waals surface area (Å²) in [6, 6.07) is 7.17. The lowest BCUT2D eigenvalue weighted by atomic mass is 10.3. The van der Waals surface area contributed by atoms with E-state index in [1.54, 1.807) is 12.1 Å². The van der Waals surface area contributed by atoms with Crippen LogP contribution in [0.25, 0.3) is 0 Å². The van der Waals surface area contributed by atoms with E-state index in [0.717, 1.165) is 0 Å². The fraction of sp³-hybridized carbons (Fsp3) is 0.250. The summed E-state index contributed by atoms with van der Waals surface area (Å²) < 4.78 is 17.5. The van der Waals surface area contributed by atoms with E-state index in [4.69, 9.17) is 4.74 Å². The van der Waals surface area contributed by atoms with Crippen LogP contribution < -0.4 is 4.74 Å². The Balaban J connectivity index is 2.81. The molecule has 0 fully saturated rings. The van der Waals surface area contributed by atoms with Crippen LogP contribution in [-0.4, -0.2) is 6.61 Å². The molecule has 1 aromatic rings. The molecule has 0 heterocycles. The van der Waals surface area contributed by atoms with Gasteiger partial charge in [-0.25, -0.2) is 4.39 Å². The van der Waals surface area contributed by atoms with Gasteiger partial charge in [-0.05, 0) is 13.0 Å². The van der Waals surface area contributed by atoms with E-state index in [-0.39, 0.29) is 5.75 Å². The van der Waals surface area contributed by atoms with Crippen LogP contribution in [0.3, 0.4) is 0 Å². The minimum Gasteiger partial charge on any atom is -0.491 e. The van der Waals surface area contributed by atoms with Crippen molar-refractivity contribution in [2.45, 2.75) is 6.92 Å². The first kappa shape index (κ1) is 7.06. The van der Waals surface area contributed by atoms with Gasteiger partial charge in [-0.3, -0.25) is 0 Å². The van der Waals surface area contributed by atoms with Gasteiger partial charge in [0.25, 0.3) is 0 Å². The summed E-state index contributed by atoms with van der Waals surface area (Å²) in [5.74, 6) is -0.158. The summed E-state index contributed by atoms with van der Waals surface area (Å²) in [6.45, 7) is 2.29. The smallest absolute Gasteiger partial charge is 0.172 e. The molecular weight excluding hydrogens is 131 g/mol. The number of hydrogen-bond acceptors (Lipinski definition) is 1. The van der Waals surface area contributed by atoms with Crippen LogP contribution in [0.2, 0.25) is 0 Å². The van der Waals surface area contributed by atoms with Gasteiger partial charge < -0.3 is 4.74 Å². The average molecular weight is 139 g/mol. The standard InChI is InChI=1S/C8H8FO/c1-2-10-8-6-4-3-5-7(8)9/h3-4,6H,2H2,1H3. The van der Waals surface area contributed by atoms with Crippen LogP contribution in [0.1, 0.15) is 6.92 Å². The van der Waals surface area contributed by atoms with Crippen molar-refractivity contribution in [2.24, 2.45) is 0 Å². The molecule has 0 saturated carbocycles. The first-order valence-electron chi connectivity index (χ1n) is 3.13. The lowest BCUT2D eigenvalue weighted by molar-refractivity contribution is 0.321. The molecule has 53 valence electrons. The highest BCUT2D eigenvalue weighted by atomic mass is 19.1. The van der Waals surface area contributed by atoms with Crippen molar-refractivity contribution in [3.05, 3.63) is 30.1 Å². The lowest BCUT2D eigenvalue weighted by Crippen LogP contribution is -1.93. The molecule has 0 saturated heterocycles. The quantitative estimate of drug-likeness (QED) is 0.609. The first-order valence-corrected chi connectivity index (χ1v) is 3.13. The topological polar surface area (TPSA) is 9.23 Å². The molecule has 1 rings (SSSR count). The monoisotopic (exact) mass is 139 g/mol. The second-order valence-corrected chi connectivity index (χ2v) is 1.78. The molecule has 1 nitrogen and oxygen atoms in total. The van der Waals surface area contributed by atoms with Gasteiger partial charge in [-0.1, -0.05) is 12.1 Å². The molecule has 0 unspecified atom stereocenters. The first-order chi connectivity index (χ1) is 4.84. The minimum absolute atomic E-state index is 0.269. The molecule has 0 amide bonds. The van der Waals surface area contributed by atoms with Crippen LogP contribution in [0, 0.1) is 11.9 Å². The van der Waals surface area contributed by atoms with E-state index in [9.17, 15) is 4.39 Å². The zero-order valence-corrected chi connectivity index (χ0v) is 5.73. The Kier molecular flexibility index (Phi) is 2.26. The van der Waals surface area contributed by atoms with Crippen molar-refractivity contribution in [1.82, 2.24) is 0 Å². The molecule has 0 aliphatic heterocycles. The molecule has 10 heavy (non-hydrogen) atoms. The van der Waals surface area contributed by atoms with Crippen LogP contribution >= 0.6 is 0 Å². The van der Waals surface area contributed by atoms with E-state index in [0.29, 0.717) is 6.61 Å². The number of hydrogen-bond donors (Lipinski definition) is 0. The number of halogens is 1. The summed E-state index contributed by atoms with van der Waals surface area (Å²) >= 11 is 0. The maximum atomic E-state index is 12.6. The zero-order valence-electron chi connectivity index (χ0n) is 5.73. The molecule has 1 aromatic carbocycles. The zero-order chi connectivity index (χ0) is 7.40. The van der Waals surface area contributed by atoms with E-state index in [1.165, 1.54) is 6.07 Å². The Morgan fingerprint density at radius 2 is 2.50 bits per heavy atom. The maximum Gasteiger partial charge on any atom is 0.172 e. The normalized spacial score (nSPS) is 9.40. The van der Waals surface area contributed by atoms with E-state index in [2.05, 4.69) is 6.07 Å². The Morgan fingerprint density at radius 1 is 1.70 bits per heavy atom. The predicted octanol–water partition coefficient (Wildman–Crippen LogP) is 2.02. The molecule has 0 atom stereocenters. The molecular formula is C8H8FO. The molecule has 0 spiro atoms. The van der Waals surface area contributed by atoms with Crippen LogP contribution in [0.5, 0.6) is 5.75 Å². The largest absolute Gasteiger partial charge is 0.491 e. The maximum absolute atomic E-state index is 12.6. The molecule has 0 aliphatic carbocycles. The van der Waals surface area contributed by atoms with Crippen LogP contribution in [-0.2, 0) is 0 Å².